The number of phenols is 1. The quantitative estimate of drug-likeness (QED) is 0.738. The van der Waals surface area contributed by atoms with Crippen molar-refractivity contribution < 1.29 is 9.90 Å². The Bertz CT molecular complexity index is 789. The van der Waals surface area contributed by atoms with Gasteiger partial charge in [0.2, 0.25) is 0 Å². The number of hydrogen-bond donors (Lipinski definition) is 2. The second-order valence-corrected chi connectivity index (χ2v) is 6.11. The van der Waals surface area contributed by atoms with Crippen LogP contribution in [0.1, 0.15) is 15.2 Å². The van der Waals surface area contributed by atoms with Crippen LogP contribution in [0.5, 0.6) is 5.75 Å². The number of aromatic hydroxyl groups is 1. The Labute approximate surface area is 132 Å². The summed E-state index contributed by atoms with van der Waals surface area (Å²) in [4.78, 5) is 13.9. The van der Waals surface area contributed by atoms with Gasteiger partial charge in [-0.15, -0.1) is 11.3 Å². The third kappa shape index (κ3) is 3.18. The molecule has 0 aliphatic rings. The first-order valence-corrected chi connectivity index (χ1v) is 7.71. The molecule has 0 aliphatic carbocycles. The highest BCUT2D eigenvalue weighted by Gasteiger charge is 2.10. The van der Waals surface area contributed by atoms with E-state index in [1.54, 1.807) is 12.1 Å². The highest BCUT2D eigenvalue weighted by molar-refractivity contribution is 7.17. The zero-order chi connectivity index (χ0) is 15.5. The number of thiophene rings is 1. The maximum Gasteiger partial charge on any atom is 0.265 e. The maximum atomic E-state index is 12.3. The Morgan fingerprint density at radius 3 is 2.32 bits per heavy atom. The van der Waals surface area contributed by atoms with E-state index in [0.717, 1.165) is 21.7 Å². The zero-order valence-corrected chi connectivity index (χ0v) is 12.9. The summed E-state index contributed by atoms with van der Waals surface area (Å²) in [5, 5.41) is 12.2. The fourth-order valence-electron chi connectivity index (χ4n) is 2.07. The standard InChI is InChI=1S/C18H15NO2S/c1-12-2-6-14(7-3-12)19-18(21)17-11-10-16(22-17)13-4-8-15(20)9-5-13/h2-11,20H,1H3,(H,19,21). The number of carbonyl (C=O) groups excluding carboxylic acids is 1. The predicted molar refractivity (Wildman–Crippen MR) is 90.6 cm³/mol. The molecule has 0 radical (unpaired) electrons. The molecule has 0 fully saturated rings. The van der Waals surface area contributed by atoms with E-state index < -0.39 is 0 Å². The van der Waals surface area contributed by atoms with Gasteiger partial charge in [-0.05, 0) is 61.0 Å². The predicted octanol–water partition coefficient (Wildman–Crippen LogP) is 4.68. The molecule has 3 aromatic rings. The van der Waals surface area contributed by atoms with Gasteiger partial charge < -0.3 is 10.4 Å². The van der Waals surface area contributed by atoms with Crippen LogP contribution in [-0.4, -0.2) is 11.0 Å². The average Bonchev–Trinajstić information content (AvgIpc) is 3.00. The number of anilines is 1. The summed E-state index contributed by atoms with van der Waals surface area (Å²) in [6.07, 6.45) is 0. The highest BCUT2D eigenvalue weighted by atomic mass is 32.1. The lowest BCUT2D eigenvalue weighted by Gasteiger charge is -2.03. The van der Waals surface area contributed by atoms with E-state index in [1.165, 1.54) is 11.3 Å². The van der Waals surface area contributed by atoms with Gasteiger partial charge in [0, 0.05) is 10.6 Å². The number of aryl methyl sites for hydroxylation is 1. The van der Waals surface area contributed by atoms with E-state index in [0.29, 0.717) is 4.88 Å². The smallest absolute Gasteiger partial charge is 0.265 e. The summed E-state index contributed by atoms with van der Waals surface area (Å²) in [6.45, 7) is 2.01. The Morgan fingerprint density at radius 1 is 0.955 bits per heavy atom. The van der Waals surface area contributed by atoms with Gasteiger partial charge in [0.25, 0.3) is 5.91 Å². The maximum absolute atomic E-state index is 12.3. The normalized spacial score (nSPS) is 10.4. The minimum Gasteiger partial charge on any atom is -0.508 e. The van der Waals surface area contributed by atoms with Crippen molar-refractivity contribution in [3.63, 3.8) is 0 Å². The zero-order valence-electron chi connectivity index (χ0n) is 12.0. The molecule has 0 aliphatic heterocycles. The Balaban J connectivity index is 1.76. The van der Waals surface area contributed by atoms with Gasteiger partial charge >= 0.3 is 0 Å². The monoisotopic (exact) mass is 309 g/mol. The fraction of sp³-hybridized carbons (Fsp3) is 0.0556. The van der Waals surface area contributed by atoms with Crippen LogP contribution in [0, 0.1) is 6.92 Å². The van der Waals surface area contributed by atoms with E-state index in [1.807, 2.05) is 55.5 Å². The molecule has 0 unspecified atom stereocenters. The SMILES string of the molecule is Cc1ccc(NC(=O)c2ccc(-c3ccc(O)cc3)s2)cc1. The van der Waals surface area contributed by atoms with Crippen LogP contribution < -0.4 is 5.32 Å². The van der Waals surface area contributed by atoms with Crippen LogP contribution in [0.15, 0.2) is 60.7 Å². The van der Waals surface area contributed by atoms with Crippen molar-refractivity contribution >= 4 is 22.9 Å². The Morgan fingerprint density at radius 2 is 1.64 bits per heavy atom. The molecule has 2 aromatic carbocycles. The van der Waals surface area contributed by atoms with Gasteiger partial charge in [0.15, 0.2) is 0 Å². The molecule has 110 valence electrons. The van der Waals surface area contributed by atoms with Crippen molar-refractivity contribution in [2.45, 2.75) is 6.92 Å². The van der Waals surface area contributed by atoms with Crippen molar-refractivity contribution in [3.8, 4) is 16.2 Å². The number of rotatable bonds is 3. The minimum atomic E-state index is -0.112. The molecule has 3 nitrogen and oxygen atoms in total. The lowest BCUT2D eigenvalue weighted by atomic mass is 10.2. The molecule has 1 amide bonds. The largest absolute Gasteiger partial charge is 0.508 e. The molecule has 3 rings (SSSR count). The summed E-state index contributed by atoms with van der Waals surface area (Å²) in [5.41, 5.74) is 2.93. The molecule has 1 aromatic heterocycles. The molecule has 0 atom stereocenters. The Kier molecular flexibility index (Phi) is 3.94. The van der Waals surface area contributed by atoms with Gasteiger partial charge in [0.05, 0.1) is 4.88 Å². The number of hydrogen-bond acceptors (Lipinski definition) is 3. The first kappa shape index (κ1) is 14.4. The van der Waals surface area contributed by atoms with Gasteiger partial charge in [0.1, 0.15) is 5.75 Å². The van der Waals surface area contributed by atoms with Gasteiger partial charge in [-0.25, -0.2) is 0 Å². The van der Waals surface area contributed by atoms with Crippen LogP contribution in [0.25, 0.3) is 10.4 Å². The van der Waals surface area contributed by atoms with E-state index in [4.69, 9.17) is 0 Å². The van der Waals surface area contributed by atoms with E-state index in [-0.39, 0.29) is 11.7 Å². The molecule has 4 heteroatoms. The number of benzene rings is 2. The second-order valence-electron chi connectivity index (χ2n) is 5.03. The lowest BCUT2D eigenvalue weighted by molar-refractivity contribution is 0.103. The van der Waals surface area contributed by atoms with Crippen molar-refractivity contribution in [1.29, 1.82) is 0 Å². The molecule has 0 saturated carbocycles. The van der Waals surface area contributed by atoms with E-state index >= 15 is 0 Å². The molecule has 0 bridgehead atoms. The lowest BCUT2D eigenvalue weighted by Crippen LogP contribution is -2.09. The van der Waals surface area contributed by atoms with Crippen LogP contribution in [0.3, 0.4) is 0 Å². The van der Waals surface area contributed by atoms with Gasteiger partial charge in [-0.3, -0.25) is 4.79 Å². The number of phenolic OH excluding ortho intramolecular Hbond substituents is 1. The van der Waals surface area contributed by atoms with E-state index in [2.05, 4.69) is 5.32 Å². The third-order valence-electron chi connectivity index (χ3n) is 3.29. The molecule has 1 heterocycles. The molecule has 0 spiro atoms. The van der Waals surface area contributed by atoms with Crippen LogP contribution in [0.4, 0.5) is 5.69 Å². The fourth-order valence-corrected chi connectivity index (χ4v) is 2.98. The summed E-state index contributed by atoms with van der Waals surface area (Å²) >= 11 is 1.43. The molecular formula is C18H15NO2S. The third-order valence-corrected chi connectivity index (χ3v) is 4.42. The number of carbonyl (C=O) groups is 1. The van der Waals surface area contributed by atoms with Crippen LogP contribution in [0.2, 0.25) is 0 Å². The van der Waals surface area contributed by atoms with Crippen molar-refractivity contribution in [3.05, 3.63) is 71.1 Å². The van der Waals surface area contributed by atoms with Crippen LogP contribution in [-0.2, 0) is 0 Å². The van der Waals surface area contributed by atoms with Crippen LogP contribution >= 0.6 is 11.3 Å². The summed E-state index contributed by atoms with van der Waals surface area (Å²) in [7, 11) is 0. The van der Waals surface area contributed by atoms with Gasteiger partial charge in [-0.1, -0.05) is 17.7 Å². The summed E-state index contributed by atoms with van der Waals surface area (Å²) in [6, 6.07) is 18.4. The van der Waals surface area contributed by atoms with Crippen molar-refractivity contribution in [2.24, 2.45) is 0 Å². The number of amides is 1. The highest BCUT2D eigenvalue weighted by Crippen LogP contribution is 2.29. The van der Waals surface area contributed by atoms with Crippen molar-refractivity contribution in [1.82, 2.24) is 0 Å². The van der Waals surface area contributed by atoms with Gasteiger partial charge in [-0.2, -0.15) is 0 Å². The first-order chi connectivity index (χ1) is 10.6. The number of nitrogens with one attached hydrogen (secondary N) is 1. The first-order valence-electron chi connectivity index (χ1n) is 6.89. The van der Waals surface area contributed by atoms with Crippen molar-refractivity contribution in [2.75, 3.05) is 5.32 Å². The summed E-state index contributed by atoms with van der Waals surface area (Å²) in [5.74, 6) is 0.122. The second kappa shape index (κ2) is 6.03. The average molecular weight is 309 g/mol. The molecular weight excluding hydrogens is 294 g/mol. The van der Waals surface area contributed by atoms with E-state index in [9.17, 15) is 9.90 Å². The molecule has 0 saturated heterocycles. The molecule has 22 heavy (non-hydrogen) atoms. The Hall–Kier alpha value is -2.59. The topological polar surface area (TPSA) is 49.3 Å². The summed E-state index contributed by atoms with van der Waals surface area (Å²) < 4.78 is 0. The minimum absolute atomic E-state index is 0.112. The molecule has 2 N–H and O–H groups in total.